The molecule has 0 bridgehead atoms. The highest BCUT2D eigenvalue weighted by Gasteiger charge is 2.20. The highest BCUT2D eigenvalue weighted by atomic mass is 127. The SMILES string of the molecule is CON(I=O)c1ccc(OC(=O)OC2CCCC2)cc1. The van der Waals surface area contributed by atoms with E-state index in [4.69, 9.17) is 14.3 Å². The topological polar surface area (TPSA) is 65.1 Å². The van der Waals surface area contributed by atoms with Gasteiger partial charge in [-0.3, -0.25) is 4.84 Å². The smallest absolute Gasteiger partial charge is 0.431 e. The molecule has 110 valence electrons. The molecule has 0 aromatic heterocycles. The van der Waals surface area contributed by atoms with Gasteiger partial charge in [-0.05, 0) is 49.9 Å². The molecule has 0 radical (unpaired) electrons. The standard InChI is InChI=1S/C13H16INO5/c1-18-15(14-17)10-6-8-12(9-7-10)20-13(16)19-11-4-2-3-5-11/h6-9,11H,2-5H2,1H3. The van der Waals surface area contributed by atoms with Gasteiger partial charge in [0.05, 0.1) is 12.8 Å². The summed E-state index contributed by atoms with van der Waals surface area (Å²) in [5.74, 6) is 0.386. The number of carbonyl (C=O) groups is 1. The summed E-state index contributed by atoms with van der Waals surface area (Å²) in [6.07, 6.45) is 3.31. The molecule has 2 rings (SSSR count). The summed E-state index contributed by atoms with van der Waals surface area (Å²) >= 11 is -1.45. The molecule has 6 nitrogen and oxygen atoms in total. The number of carbonyl (C=O) groups excluding carboxylic acids is 1. The first kappa shape index (κ1) is 15.2. The molecule has 1 aromatic carbocycles. The molecule has 0 saturated heterocycles. The van der Waals surface area contributed by atoms with E-state index in [1.165, 1.54) is 10.4 Å². The number of hydrogen-bond acceptors (Lipinski definition) is 5. The Labute approximate surface area is 127 Å². The first-order valence-electron chi connectivity index (χ1n) is 6.33. The summed E-state index contributed by atoms with van der Waals surface area (Å²) in [4.78, 5) is 16.5. The molecule has 1 saturated carbocycles. The third kappa shape index (κ3) is 4.14. The Hall–Kier alpha value is -1.22. The average molecular weight is 393 g/mol. The lowest BCUT2D eigenvalue weighted by Crippen LogP contribution is -2.18. The largest absolute Gasteiger partial charge is 0.514 e. The summed E-state index contributed by atoms with van der Waals surface area (Å²) in [6, 6.07) is 6.55. The molecule has 7 heteroatoms. The lowest BCUT2D eigenvalue weighted by molar-refractivity contribution is 0.0612. The van der Waals surface area contributed by atoms with Crippen LogP contribution in [0.5, 0.6) is 5.75 Å². The van der Waals surface area contributed by atoms with Crippen molar-refractivity contribution in [1.29, 1.82) is 0 Å². The van der Waals surface area contributed by atoms with Gasteiger partial charge in [0.1, 0.15) is 11.9 Å². The van der Waals surface area contributed by atoms with Crippen LogP contribution in [0.3, 0.4) is 0 Å². The van der Waals surface area contributed by atoms with Gasteiger partial charge in [-0.25, -0.2) is 7.86 Å². The molecule has 0 N–H and O–H groups in total. The zero-order chi connectivity index (χ0) is 14.4. The molecular weight excluding hydrogens is 377 g/mol. The maximum Gasteiger partial charge on any atom is 0.514 e. The minimum absolute atomic E-state index is 0.0176. The van der Waals surface area contributed by atoms with E-state index in [1.807, 2.05) is 0 Å². The number of halogens is 1. The second-order valence-corrected chi connectivity index (χ2v) is 5.64. The minimum Gasteiger partial charge on any atom is -0.431 e. The molecule has 0 spiro atoms. The number of rotatable bonds is 5. The van der Waals surface area contributed by atoms with Crippen molar-refractivity contribution in [2.75, 3.05) is 10.4 Å². The van der Waals surface area contributed by atoms with Crippen molar-refractivity contribution < 1.29 is 22.2 Å². The molecule has 0 aliphatic heterocycles. The molecule has 20 heavy (non-hydrogen) atoms. The van der Waals surface area contributed by atoms with E-state index in [2.05, 4.69) is 0 Å². The van der Waals surface area contributed by atoms with Gasteiger partial charge in [-0.1, -0.05) is 0 Å². The molecule has 0 atom stereocenters. The van der Waals surface area contributed by atoms with Crippen molar-refractivity contribution in [1.82, 2.24) is 0 Å². The number of hydrogen-bond donors (Lipinski definition) is 0. The molecular formula is C13H16INO5. The fourth-order valence-corrected chi connectivity index (χ4v) is 2.78. The minimum atomic E-state index is -1.45. The van der Waals surface area contributed by atoms with Crippen molar-refractivity contribution in [3.8, 4) is 5.75 Å². The van der Waals surface area contributed by atoms with E-state index in [1.54, 1.807) is 24.3 Å². The van der Waals surface area contributed by atoms with Crippen LogP contribution >= 0.6 is 21.5 Å². The van der Waals surface area contributed by atoms with Crippen LogP contribution in [-0.2, 0) is 12.6 Å². The summed E-state index contributed by atoms with van der Waals surface area (Å²) in [6.45, 7) is 0. The maximum atomic E-state index is 11.6. The van der Waals surface area contributed by atoms with Gasteiger partial charge < -0.3 is 9.47 Å². The van der Waals surface area contributed by atoms with Crippen molar-refractivity contribution >= 4 is 33.3 Å². The molecule has 0 unspecified atom stereocenters. The third-order valence-corrected chi connectivity index (χ3v) is 4.34. The lowest BCUT2D eigenvalue weighted by Gasteiger charge is -2.13. The Morgan fingerprint density at radius 1 is 1.25 bits per heavy atom. The third-order valence-electron chi connectivity index (χ3n) is 3.03. The fraction of sp³-hybridized carbons (Fsp3) is 0.462. The average Bonchev–Trinajstić information content (AvgIpc) is 2.94. The quantitative estimate of drug-likeness (QED) is 0.250. The number of anilines is 1. The molecule has 0 heterocycles. The molecule has 1 aliphatic carbocycles. The normalized spacial score (nSPS) is 15.1. The van der Waals surface area contributed by atoms with Crippen molar-refractivity contribution in [3.05, 3.63) is 24.3 Å². The number of benzene rings is 1. The Morgan fingerprint density at radius 3 is 2.45 bits per heavy atom. The monoisotopic (exact) mass is 393 g/mol. The molecule has 0 amide bonds. The van der Waals surface area contributed by atoms with Crippen molar-refractivity contribution in [3.63, 3.8) is 0 Å². The maximum absolute atomic E-state index is 11.6. The predicted octanol–water partition coefficient (Wildman–Crippen LogP) is 3.74. The van der Waals surface area contributed by atoms with Crippen molar-refractivity contribution in [2.45, 2.75) is 31.8 Å². The van der Waals surface area contributed by atoms with E-state index < -0.39 is 27.6 Å². The first-order valence-corrected chi connectivity index (χ1v) is 8.17. The second-order valence-electron chi connectivity index (χ2n) is 4.37. The van der Waals surface area contributed by atoms with Gasteiger partial charge in [-0.15, -0.1) is 0 Å². The lowest BCUT2D eigenvalue weighted by atomic mass is 10.3. The van der Waals surface area contributed by atoms with E-state index in [-0.39, 0.29) is 6.10 Å². The first-order chi connectivity index (χ1) is 9.72. The molecule has 1 aromatic rings. The van der Waals surface area contributed by atoms with E-state index >= 15 is 0 Å². The zero-order valence-corrected chi connectivity index (χ0v) is 13.2. The van der Waals surface area contributed by atoms with Crippen LogP contribution in [0.4, 0.5) is 10.5 Å². The van der Waals surface area contributed by atoms with Gasteiger partial charge in [0.2, 0.25) is 0 Å². The number of nitrogens with zero attached hydrogens (tertiary/aromatic N) is 1. The van der Waals surface area contributed by atoms with Gasteiger partial charge in [0.15, 0.2) is 0 Å². The summed E-state index contributed by atoms with van der Waals surface area (Å²) in [7, 11) is 1.45. The van der Waals surface area contributed by atoms with Crippen molar-refractivity contribution in [2.24, 2.45) is 0 Å². The highest BCUT2D eigenvalue weighted by Crippen LogP contribution is 2.25. The molecule has 1 aliphatic rings. The van der Waals surface area contributed by atoms with Gasteiger partial charge in [0.25, 0.3) is 21.5 Å². The van der Waals surface area contributed by atoms with Crippen LogP contribution < -0.4 is 8.01 Å². The Bertz CT molecular complexity index is 458. The van der Waals surface area contributed by atoms with E-state index in [0.29, 0.717) is 11.4 Å². The summed E-state index contributed by atoms with van der Waals surface area (Å²) in [5.41, 5.74) is 0.645. The second kappa shape index (κ2) is 7.53. The molecule has 1 fully saturated rings. The van der Waals surface area contributed by atoms with Gasteiger partial charge in [-0.2, -0.15) is 3.28 Å². The highest BCUT2D eigenvalue weighted by molar-refractivity contribution is 14.1. The number of ether oxygens (including phenoxy) is 2. The van der Waals surface area contributed by atoms with Gasteiger partial charge in [0, 0.05) is 0 Å². The van der Waals surface area contributed by atoms with Gasteiger partial charge >= 0.3 is 6.16 Å². The summed E-state index contributed by atoms with van der Waals surface area (Å²) < 4.78 is 22.5. The van der Waals surface area contributed by atoms with E-state index in [0.717, 1.165) is 25.7 Å². The Kier molecular flexibility index (Phi) is 5.72. The zero-order valence-electron chi connectivity index (χ0n) is 11.1. The van der Waals surface area contributed by atoms with Crippen LogP contribution in [0, 0.1) is 0 Å². The Morgan fingerprint density at radius 2 is 1.90 bits per heavy atom. The fourth-order valence-electron chi connectivity index (χ4n) is 2.07. The summed E-state index contributed by atoms with van der Waals surface area (Å²) in [5, 5.41) is 0. The van der Waals surface area contributed by atoms with E-state index in [9.17, 15) is 7.86 Å². The predicted molar refractivity (Wildman–Crippen MR) is 80.0 cm³/mol. The Balaban J connectivity index is 1.89. The van der Waals surface area contributed by atoms with Crippen LogP contribution in [-0.4, -0.2) is 19.4 Å². The van der Waals surface area contributed by atoms with Crippen LogP contribution in [0.2, 0.25) is 0 Å². The van der Waals surface area contributed by atoms with Crippen LogP contribution in [0.1, 0.15) is 25.7 Å². The van der Waals surface area contributed by atoms with Crippen LogP contribution in [0.25, 0.3) is 0 Å². The van der Waals surface area contributed by atoms with Crippen LogP contribution in [0.15, 0.2) is 24.3 Å².